The van der Waals surface area contributed by atoms with Crippen molar-refractivity contribution in [2.75, 3.05) is 6.61 Å². The second-order valence-corrected chi connectivity index (χ2v) is 7.98. The minimum absolute atomic E-state index is 0.584. The molecule has 1 nitrogen and oxygen atoms in total. The van der Waals surface area contributed by atoms with Gasteiger partial charge in [0.15, 0.2) is 0 Å². The van der Waals surface area contributed by atoms with Crippen molar-refractivity contribution < 1.29 is 4.74 Å². The van der Waals surface area contributed by atoms with Crippen molar-refractivity contribution in [3.63, 3.8) is 0 Å². The SMILES string of the molecule is CCCCCCC[C@H]1CC[C@H]([C@H]2CC[C@H](OCC)CC2)CC1. The lowest BCUT2D eigenvalue weighted by Crippen LogP contribution is -2.28. The molecule has 1 heteroatoms. The summed E-state index contributed by atoms with van der Waals surface area (Å²) in [6, 6.07) is 0. The zero-order valence-electron chi connectivity index (χ0n) is 15.3. The quantitative estimate of drug-likeness (QED) is 0.428. The van der Waals surface area contributed by atoms with E-state index < -0.39 is 0 Å². The summed E-state index contributed by atoms with van der Waals surface area (Å²) in [5.41, 5.74) is 0. The van der Waals surface area contributed by atoms with Crippen LogP contribution in [0.3, 0.4) is 0 Å². The van der Waals surface area contributed by atoms with Gasteiger partial charge in [-0.25, -0.2) is 0 Å². The second kappa shape index (κ2) is 10.7. The second-order valence-electron chi connectivity index (χ2n) is 7.98. The van der Waals surface area contributed by atoms with Crippen molar-refractivity contribution in [2.24, 2.45) is 17.8 Å². The molecule has 0 aromatic heterocycles. The molecule has 0 amide bonds. The molecule has 0 N–H and O–H groups in total. The number of unbranched alkanes of at least 4 members (excludes halogenated alkanes) is 4. The molecule has 2 aliphatic carbocycles. The van der Waals surface area contributed by atoms with Crippen LogP contribution in [0.15, 0.2) is 0 Å². The maximum absolute atomic E-state index is 5.81. The van der Waals surface area contributed by atoms with Gasteiger partial charge < -0.3 is 4.74 Å². The lowest BCUT2D eigenvalue weighted by molar-refractivity contribution is 0.0134. The smallest absolute Gasteiger partial charge is 0.0575 e. The van der Waals surface area contributed by atoms with Gasteiger partial charge in [0.2, 0.25) is 0 Å². The highest BCUT2D eigenvalue weighted by Gasteiger charge is 2.30. The maximum Gasteiger partial charge on any atom is 0.0575 e. The highest BCUT2D eigenvalue weighted by atomic mass is 16.5. The van der Waals surface area contributed by atoms with Crippen LogP contribution in [0.5, 0.6) is 0 Å². The van der Waals surface area contributed by atoms with E-state index in [0.717, 1.165) is 24.4 Å². The molecule has 0 unspecified atom stereocenters. The summed E-state index contributed by atoms with van der Waals surface area (Å²) in [5, 5.41) is 0. The highest BCUT2D eigenvalue weighted by molar-refractivity contribution is 4.82. The summed E-state index contributed by atoms with van der Waals surface area (Å²) < 4.78 is 5.81. The van der Waals surface area contributed by atoms with Gasteiger partial charge in [0, 0.05) is 6.61 Å². The number of rotatable bonds is 9. The zero-order valence-corrected chi connectivity index (χ0v) is 15.3. The van der Waals surface area contributed by atoms with E-state index in [-0.39, 0.29) is 0 Å². The van der Waals surface area contributed by atoms with Gasteiger partial charge in [0.1, 0.15) is 0 Å². The van der Waals surface area contributed by atoms with Crippen molar-refractivity contribution in [3.05, 3.63) is 0 Å². The zero-order chi connectivity index (χ0) is 15.6. The average Bonchev–Trinajstić information content (AvgIpc) is 2.56. The Kier molecular flexibility index (Phi) is 8.89. The molecule has 0 radical (unpaired) electrons. The third kappa shape index (κ3) is 6.22. The first kappa shape index (κ1) is 18.3. The summed E-state index contributed by atoms with van der Waals surface area (Å²) in [6.45, 7) is 5.34. The van der Waals surface area contributed by atoms with Gasteiger partial charge in [-0.1, -0.05) is 58.3 Å². The van der Waals surface area contributed by atoms with E-state index in [0.29, 0.717) is 6.10 Å². The molecule has 2 aliphatic rings. The van der Waals surface area contributed by atoms with Gasteiger partial charge >= 0.3 is 0 Å². The van der Waals surface area contributed by atoms with Crippen molar-refractivity contribution in [3.8, 4) is 0 Å². The average molecular weight is 309 g/mol. The molecule has 130 valence electrons. The van der Waals surface area contributed by atoms with Crippen LogP contribution < -0.4 is 0 Å². The molecule has 0 heterocycles. The Balaban J connectivity index is 1.55. The van der Waals surface area contributed by atoms with Gasteiger partial charge in [-0.15, -0.1) is 0 Å². The van der Waals surface area contributed by atoms with Crippen LogP contribution in [0.2, 0.25) is 0 Å². The normalized spacial score (nSPS) is 33.0. The molecule has 22 heavy (non-hydrogen) atoms. The first-order valence-corrected chi connectivity index (χ1v) is 10.4. The van der Waals surface area contributed by atoms with Crippen LogP contribution in [-0.2, 0) is 4.74 Å². The lowest BCUT2D eigenvalue weighted by atomic mass is 9.70. The highest BCUT2D eigenvalue weighted by Crippen LogP contribution is 2.41. The number of hydrogen-bond acceptors (Lipinski definition) is 1. The molecule has 0 atom stereocenters. The lowest BCUT2D eigenvalue weighted by Gasteiger charge is -2.37. The van der Waals surface area contributed by atoms with Crippen molar-refractivity contribution in [2.45, 2.75) is 110 Å². The molecule has 0 aromatic carbocycles. The summed E-state index contributed by atoms with van der Waals surface area (Å²) >= 11 is 0. The van der Waals surface area contributed by atoms with Crippen molar-refractivity contribution in [1.82, 2.24) is 0 Å². The Labute approximate surface area is 139 Å². The number of ether oxygens (including phenoxy) is 1. The van der Waals surface area contributed by atoms with Crippen LogP contribution in [0.25, 0.3) is 0 Å². The largest absolute Gasteiger partial charge is 0.379 e. The Morgan fingerprint density at radius 2 is 1.27 bits per heavy atom. The predicted molar refractivity (Wildman–Crippen MR) is 96.2 cm³/mol. The minimum Gasteiger partial charge on any atom is -0.379 e. The van der Waals surface area contributed by atoms with E-state index in [9.17, 15) is 0 Å². The van der Waals surface area contributed by atoms with Gasteiger partial charge in [-0.05, 0) is 63.2 Å². The van der Waals surface area contributed by atoms with Crippen LogP contribution in [0.4, 0.5) is 0 Å². The molecule has 2 rings (SSSR count). The van der Waals surface area contributed by atoms with E-state index in [1.54, 1.807) is 0 Å². The summed E-state index contributed by atoms with van der Waals surface area (Å²) in [4.78, 5) is 0. The van der Waals surface area contributed by atoms with Crippen LogP contribution in [0, 0.1) is 17.8 Å². The van der Waals surface area contributed by atoms with Gasteiger partial charge in [0.25, 0.3) is 0 Å². The van der Waals surface area contributed by atoms with Crippen LogP contribution in [0.1, 0.15) is 104 Å². The summed E-state index contributed by atoms with van der Waals surface area (Å²) in [5.74, 6) is 3.15. The summed E-state index contributed by atoms with van der Waals surface area (Å²) in [6.07, 6.45) is 21.0. The topological polar surface area (TPSA) is 9.23 Å². The van der Waals surface area contributed by atoms with E-state index in [4.69, 9.17) is 4.74 Å². The molecule has 2 saturated carbocycles. The van der Waals surface area contributed by atoms with E-state index in [2.05, 4.69) is 13.8 Å². The number of hydrogen-bond donors (Lipinski definition) is 0. The monoisotopic (exact) mass is 308 g/mol. The fraction of sp³-hybridized carbons (Fsp3) is 1.00. The van der Waals surface area contributed by atoms with Crippen LogP contribution >= 0.6 is 0 Å². The molecular weight excluding hydrogens is 268 g/mol. The molecule has 0 aliphatic heterocycles. The third-order valence-corrected chi connectivity index (χ3v) is 6.40. The molecule has 0 spiro atoms. The Bertz CT molecular complexity index is 259. The first-order chi connectivity index (χ1) is 10.8. The maximum atomic E-state index is 5.81. The Morgan fingerprint density at radius 3 is 1.86 bits per heavy atom. The molecular formula is C21H40O. The Morgan fingerprint density at radius 1 is 0.682 bits per heavy atom. The van der Waals surface area contributed by atoms with Gasteiger partial charge in [0.05, 0.1) is 6.10 Å². The van der Waals surface area contributed by atoms with E-state index in [1.165, 1.54) is 89.9 Å². The minimum atomic E-state index is 0.584. The standard InChI is InChI=1S/C21H40O/c1-3-5-6-7-8-9-18-10-12-19(13-11-18)20-14-16-21(17-15-20)22-4-2/h18-21H,3-17H2,1-2H3/t18-,19-,20-,21-. The van der Waals surface area contributed by atoms with Crippen molar-refractivity contribution in [1.29, 1.82) is 0 Å². The predicted octanol–water partition coefficient (Wildman–Crippen LogP) is 6.75. The fourth-order valence-corrected chi connectivity index (χ4v) is 4.95. The Hall–Kier alpha value is -0.0400. The van der Waals surface area contributed by atoms with Crippen LogP contribution in [-0.4, -0.2) is 12.7 Å². The third-order valence-electron chi connectivity index (χ3n) is 6.40. The summed E-state index contributed by atoms with van der Waals surface area (Å²) in [7, 11) is 0. The van der Waals surface area contributed by atoms with E-state index >= 15 is 0 Å². The van der Waals surface area contributed by atoms with Gasteiger partial charge in [-0.3, -0.25) is 0 Å². The fourth-order valence-electron chi connectivity index (χ4n) is 4.95. The van der Waals surface area contributed by atoms with Crippen molar-refractivity contribution >= 4 is 0 Å². The van der Waals surface area contributed by atoms with Gasteiger partial charge in [-0.2, -0.15) is 0 Å². The molecule has 0 bridgehead atoms. The first-order valence-electron chi connectivity index (χ1n) is 10.4. The van der Waals surface area contributed by atoms with E-state index in [1.807, 2.05) is 0 Å². The molecule has 0 saturated heterocycles. The molecule has 0 aromatic rings. The molecule has 2 fully saturated rings.